The third kappa shape index (κ3) is 6.29. The number of hydrogen-bond acceptors (Lipinski definition) is 3. The highest BCUT2D eigenvalue weighted by atomic mass is 19.1. The number of carbonyl (C=O) groups excluding carboxylic acids is 2. The number of anilines is 1. The molecule has 0 aliphatic heterocycles. The van der Waals surface area contributed by atoms with Crippen LogP contribution in [0.2, 0.25) is 0 Å². The maximum absolute atomic E-state index is 13.1. The molecule has 3 rings (SSSR count). The van der Waals surface area contributed by atoms with Gasteiger partial charge in [-0.05, 0) is 24.3 Å². The second-order valence-corrected chi connectivity index (χ2v) is 7.44. The molecule has 0 aromatic heterocycles. The van der Waals surface area contributed by atoms with E-state index in [1.54, 1.807) is 50.6 Å². The van der Waals surface area contributed by atoms with Gasteiger partial charge in [0.25, 0.3) is 5.91 Å². The van der Waals surface area contributed by atoms with Gasteiger partial charge in [0.05, 0.1) is 19.7 Å². The molecule has 2 amide bonds. The van der Waals surface area contributed by atoms with Gasteiger partial charge in [-0.2, -0.15) is 0 Å². The Morgan fingerprint density at radius 1 is 1.21 bits per heavy atom. The Labute approximate surface area is 170 Å². The molecule has 7 heteroatoms. The molecule has 154 valence electrons. The van der Waals surface area contributed by atoms with Crippen molar-refractivity contribution < 1.29 is 23.6 Å². The van der Waals surface area contributed by atoms with E-state index < -0.39 is 0 Å². The zero-order chi connectivity index (χ0) is 20.8. The number of quaternary nitrogens is 1. The molecular weight excluding hydrogens is 373 g/mol. The number of methoxy groups -OCH3 is 1. The van der Waals surface area contributed by atoms with E-state index in [2.05, 4.69) is 5.32 Å². The van der Waals surface area contributed by atoms with Crippen molar-refractivity contribution >= 4 is 17.5 Å². The molecule has 0 radical (unpaired) electrons. The van der Waals surface area contributed by atoms with Crippen LogP contribution in [0.3, 0.4) is 0 Å². The van der Waals surface area contributed by atoms with Crippen LogP contribution in [0, 0.1) is 5.82 Å². The molecule has 1 aliphatic carbocycles. The molecule has 1 atom stereocenters. The minimum Gasteiger partial charge on any atom is -0.497 e. The molecule has 1 saturated carbocycles. The summed E-state index contributed by atoms with van der Waals surface area (Å²) in [5.74, 6) is 0.0340. The molecule has 29 heavy (non-hydrogen) atoms. The summed E-state index contributed by atoms with van der Waals surface area (Å²) in [5.41, 5.74) is 1.62. The maximum atomic E-state index is 13.1. The molecular formula is C22H27FN3O3+. The Morgan fingerprint density at radius 3 is 2.59 bits per heavy atom. The number of hydrogen-bond donors (Lipinski definition) is 2. The van der Waals surface area contributed by atoms with Gasteiger partial charge in [0, 0.05) is 37.2 Å². The maximum Gasteiger partial charge on any atom is 0.277 e. The number of nitrogens with zero attached hydrogens (tertiary/aromatic N) is 1. The zero-order valence-corrected chi connectivity index (χ0v) is 16.8. The number of ether oxygens (including phenoxy) is 1. The molecule has 2 aromatic carbocycles. The van der Waals surface area contributed by atoms with Crippen molar-refractivity contribution in [2.24, 2.45) is 0 Å². The fourth-order valence-corrected chi connectivity index (χ4v) is 3.24. The van der Waals surface area contributed by atoms with E-state index in [-0.39, 0.29) is 24.2 Å². The first-order valence-corrected chi connectivity index (χ1v) is 9.71. The number of likely N-dealkylation sites (N-methyl/N-ethyl adjacent to an activating group) is 1. The molecule has 1 aliphatic rings. The Kier molecular flexibility index (Phi) is 6.82. The monoisotopic (exact) mass is 400 g/mol. The quantitative estimate of drug-likeness (QED) is 0.670. The molecule has 2 N–H and O–H groups in total. The molecule has 0 heterocycles. The van der Waals surface area contributed by atoms with Gasteiger partial charge in [-0.1, -0.05) is 18.2 Å². The van der Waals surface area contributed by atoms with Crippen molar-refractivity contribution in [1.29, 1.82) is 0 Å². The van der Waals surface area contributed by atoms with Gasteiger partial charge in [0.15, 0.2) is 6.54 Å². The molecule has 0 spiro atoms. The van der Waals surface area contributed by atoms with Crippen molar-refractivity contribution in [2.75, 3.05) is 32.6 Å². The summed E-state index contributed by atoms with van der Waals surface area (Å²) in [7, 11) is 3.20. The second kappa shape index (κ2) is 9.52. The van der Waals surface area contributed by atoms with E-state index in [9.17, 15) is 14.0 Å². The molecule has 0 bridgehead atoms. The number of halogens is 1. The van der Waals surface area contributed by atoms with Crippen molar-refractivity contribution in [1.82, 2.24) is 4.90 Å². The number of carbonyl (C=O) groups is 2. The number of amides is 2. The minimum atomic E-state index is -0.264. The molecule has 0 saturated heterocycles. The lowest BCUT2D eigenvalue weighted by molar-refractivity contribution is -0.917. The second-order valence-electron chi connectivity index (χ2n) is 7.44. The first-order valence-electron chi connectivity index (χ1n) is 9.71. The van der Waals surface area contributed by atoms with Gasteiger partial charge in [-0.25, -0.2) is 4.39 Å². The SMILES string of the molecule is COc1cccc(NC(=O)CN(C)C(=O)C[NH+](Cc2ccc(F)cc2)C2CC2)c1. The largest absolute Gasteiger partial charge is 0.497 e. The average Bonchev–Trinajstić information content (AvgIpc) is 3.54. The summed E-state index contributed by atoms with van der Waals surface area (Å²) in [5, 5.41) is 2.78. The Hall–Kier alpha value is -2.93. The lowest BCUT2D eigenvalue weighted by atomic mass is 10.2. The molecule has 6 nitrogen and oxygen atoms in total. The first-order chi connectivity index (χ1) is 13.9. The summed E-state index contributed by atoms with van der Waals surface area (Å²) in [6.45, 7) is 0.954. The van der Waals surface area contributed by atoms with E-state index in [1.165, 1.54) is 17.0 Å². The van der Waals surface area contributed by atoms with Gasteiger partial charge in [-0.3, -0.25) is 9.59 Å². The van der Waals surface area contributed by atoms with Crippen LogP contribution in [0.4, 0.5) is 10.1 Å². The van der Waals surface area contributed by atoms with Crippen LogP contribution in [0.25, 0.3) is 0 Å². The lowest BCUT2D eigenvalue weighted by Crippen LogP contribution is -3.13. The summed E-state index contributed by atoms with van der Waals surface area (Å²) >= 11 is 0. The van der Waals surface area contributed by atoms with Crippen LogP contribution < -0.4 is 15.0 Å². The highest BCUT2D eigenvalue weighted by molar-refractivity contribution is 5.94. The highest BCUT2D eigenvalue weighted by Crippen LogP contribution is 2.17. The van der Waals surface area contributed by atoms with Crippen molar-refractivity contribution in [2.45, 2.75) is 25.4 Å². The van der Waals surface area contributed by atoms with Gasteiger partial charge in [0.2, 0.25) is 5.91 Å². The Bertz CT molecular complexity index is 853. The summed E-state index contributed by atoms with van der Waals surface area (Å²) in [6.07, 6.45) is 2.17. The summed E-state index contributed by atoms with van der Waals surface area (Å²) < 4.78 is 18.3. The van der Waals surface area contributed by atoms with Gasteiger partial charge in [-0.15, -0.1) is 0 Å². The number of benzene rings is 2. The first kappa shape index (κ1) is 20.8. The average molecular weight is 400 g/mol. The van der Waals surface area contributed by atoms with Crippen molar-refractivity contribution in [3.05, 3.63) is 59.9 Å². The van der Waals surface area contributed by atoms with Crippen molar-refractivity contribution in [3.8, 4) is 5.75 Å². The number of rotatable bonds is 9. The minimum absolute atomic E-state index is 0.0233. The third-order valence-electron chi connectivity index (χ3n) is 5.04. The number of nitrogens with one attached hydrogen (secondary N) is 2. The fraction of sp³-hybridized carbons (Fsp3) is 0.364. The summed E-state index contributed by atoms with van der Waals surface area (Å²) in [6, 6.07) is 13.9. The molecule has 1 fully saturated rings. The highest BCUT2D eigenvalue weighted by Gasteiger charge is 2.35. The van der Waals surface area contributed by atoms with Crippen LogP contribution >= 0.6 is 0 Å². The smallest absolute Gasteiger partial charge is 0.277 e. The Balaban J connectivity index is 1.52. The van der Waals surface area contributed by atoms with Gasteiger partial charge < -0.3 is 19.9 Å². The van der Waals surface area contributed by atoms with E-state index in [1.807, 2.05) is 0 Å². The van der Waals surface area contributed by atoms with Crippen LogP contribution in [0.5, 0.6) is 5.75 Å². The predicted octanol–water partition coefficient (Wildman–Crippen LogP) is 1.48. The standard InChI is InChI=1S/C22H26FN3O3/c1-25(14-21(27)24-18-4-3-5-20(12-18)29-2)22(28)15-26(19-10-11-19)13-16-6-8-17(23)9-7-16/h3-9,12,19H,10-11,13-15H2,1-2H3,(H,24,27)/p+1. The topological polar surface area (TPSA) is 63.1 Å². The third-order valence-corrected chi connectivity index (χ3v) is 5.04. The molecule has 1 unspecified atom stereocenters. The predicted molar refractivity (Wildman–Crippen MR) is 108 cm³/mol. The normalized spacial score (nSPS) is 14.2. The van der Waals surface area contributed by atoms with E-state index >= 15 is 0 Å². The van der Waals surface area contributed by atoms with E-state index in [0.717, 1.165) is 23.3 Å². The van der Waals surface area contributed by atoms with Crippen LogP contribution in [-0.2, 0) is 16.1 Å². The summed E-state index contributed by atoms with van der Waals surface area (Å²) in [4.78, 5) is 27.6. The van der Waals surface area contributed by atoms with Crippen LogP contribution in [-0.4, -0.2) is 50.0 Å². The lowest BCUT2D eigenvalue weighted by Gasteiger charge is -2.22. The van der Waals surface area contributed by atoms with Gasteiger partial charge >= 0.3 is 0 Å². The fourth-order valence-electron chi connectivity index (χ4n) is 3.24. The van der Waals surface area contributed by atoms with Crippen molar-refractivity contribution in [3.63, 3.8) is 0 Å². The van der Waals surface area contributed by atoms with Crippen LogP contribution in [0.1, 0.15) is 18.4 Å². The van der Waals surface area contributed by atoms with E-state index in [4.69, 9.17) is 4.74 Å². The van der Waals surface area contributed by atoms with Crippen LogP contribution in [0.15, 0.2) is 48.5 Å². The zero-order valence-electron chi connectivity index (χ0n) is 16.8. The van der Waals surface area contributed by atoms with E-state index in [0.29, 0.717) is 30.6 Å². The Morgan fingerprint density at radius 2 is 1.93 bits per heavy atom. The molecule has 2 aromatic rings. The van der Waals surface area contributed by atoms with Gasteiger partial charge in [0.1, 0.15) is 18.1 Å².